The molecule has 2 unspecified atom stereocenters. The maximum absolute atomic E-state index is 11.6. The maximum Gasteiger partial charge on any atom is 0.269 e. The van der Waals surface area contributed by atoms with Crippen LogP contribution in [-0.2, 0) is 0 Å². The van der Waals surface area contributed by atoms with Gasteiger partial charge in [-0.05, 0) is 12.8 Å². The molecule has 0 saturated heterocycles. The Morgan fingerprint density at radius 3 is 2.87 bits per heavy atom. The van der Waals surface area contributed by atoms with Crippen LogP contribution in [0.5, 0.6) is 0 Å². The van der Waals surface area contributed by atoms with Crippen LogP contribution >= 0.6 is 0 Å². The van der Waals surface area contributed by atoms with Gasteiger partial charge >= 0.3 is 0 Å². The third-order valence-electron chi connectivity index (χ3n) is 2.34. The molecule has 0 bridgehead atoms. The number of hydrogen-bond acceptors (Lipinski definition) is 4. The first-order chi connectivity index (χ1) is 7.04. The van der Waals surface area contributed by atoms with E-state index in [2.05, 4.69) is 15.5 Å². The highest BCUT2D eigenvalue weighted by molar-refractivity contribution is 5.93. The van der Waals surface area contributed by atoms with Gasteiger partial charge in [0.15, 0.2) is 0 Å². The monoisotopic (exact) mass is 212 g/mol. The average molecular weight is 212 g/mol. The van der Waals surface area contributed by atoms with Gasteiger partial charge in [0.2, 0.25) is 0 Å². The second kappa shape index (κ2) is 4.79. The number of carbonyl (C=O) groups excluding carboxylic acids is 1. The quantitative estimate of drug-likeness (QED) is 0.552. The number of nitrogens with one attached hydrogen (secondary N) is 2. The molecule has 0 aliphatic rings. The van der Waals surface area contributed by atoms with Crippen LogP contribution in [0.3, 0.4) is 0 Å². The van der Waals surface area contributed by atoms with E-state index in [1.165, 1.54) is 6.07 Å². The lowest BCUT2D eigenvalue weighted by molar-refractivity contribution is 0.0911. The Morgan fingerprint density at radius 2 is 2.40 bits per heavy atom. The molecule has 0 fully saturated rings. The molecule has 0 spiro atoms. The van der Waals surface area contributed by atoms with Crippen molar-refractivity contribution in [2.45, 2.75) is 19.9 Å². The van der Waals surface area contributed by atoms with Crippen LogP contribution < -0.4 is 11.1 Å². The van der Waals surface area contributed by atoms with E-state index in [1.807, 2.05) is 13.8 Å². The molecule has 6 heteroatoms. The molecule has 0 aromatic carbocycles. The van der Waals surface area contributed by atoms with E-state index in [-0.39, 0.29) is 30.3 Å². The first-order valence-corrected chi connectivity index (χ1v) is 4.77. The lowest BCUT2D eigenvalue weighted by Gasteiger charge is -2.18. The Morgan fingerprint density at radius 1 is 1.73 bits per heavy atom. The van der Waals surface area contributed by atoms with E-state index in [9.17, 15) is 4.79 Å². The number of aromatic nitrogens is 2. The third kappa shape index (κ3) is 2.95. The molecule has 0 aliphatic carbocycles. The molecule has 1 aromatic rings. The van der Waals surface area contributed by atoms with Gasteiger partial charge in [-0.2, -0.15) is 5.10 Å². The van der Waals surface area contributed by atoms with Gasteiger partial charge in [-0.1, -0.05) is 6.92 Å². The van der Waals surface area contributed by atoms with E-state index in [4.69, 9.17) is 10.8 Å². The number of carbonyl (C=O) groups is 1. The highest BCUT2D eigenvalue weighted by Crippen LogP contribution is 2.04. The van der Waals surface area contributed by atoms with Gasteiger partial charge in [-0.3, -0.25) is 9.89 Å². The van der Waals surface area contributed by atoms with Crippen molar-refractivity contribution < 1.29 is 9.90 Å². The minimum atomic E-state index is -0.271. The van der Waals surface area contributed by atoms with Crippen molar-refractivity contribution in [1.29, 1.82) is 0 Å². The number of rotatable bonds is 4. The molecule has 1 rings (SSSR count). The summed E-state index contributed by atoms with van der Waals surface area (Å²) in [6, 6.07) is 1.36. The molecule has 6 nitrogen and oxygen atoms in total. The van der Waals surface area contributed by atoms with Gasteiger partial charge in [-0.25, -0.2) is 0 Å². The van der Waals surface area contributed by atoms with Gasteiger partial charge in [0.1, 0.15) is 11.5 Å². The van der Waals surface area contributed by atoms with Crippen LogP contribution in [0.15, 0.2) is 6.07 Å². The van der Waals surface area contributed by atoms with E-state index in [0.29, 0.717) is 5.69 Å². The van der Waals surface area contributed by atoms with Gasteiger partial charge in [0.05, 0.1) is 0 Å². The van der Waals surface area contributed by atoms with Gasteiger partial charge in [-0.15, -0.1) is 0 Å². The largest absolute Gasteiger partial charge is 0.396 e. The van der Waals surface area contributed by atoms with E-state index < -0.39 is 0 Å². The maximum atomic E-state index is 11.6. The lowest BCUT2D eigenvalue weighted by Crippen LogP contribution is -2.38. The van der Waals surface area contributed by atoms with Crippen molar-refractivity contribution in [3.05, 3.63) is 11.8 Å². The minimum absolute atomic E-state index is 0.00854. The Hall–Kier alpha value is -1.56. The summed E-state index contributed by atoms with van der Waals surface area (Å²) in [6.45, 7) is 3.72. The number of nitrogen functional groups attached to an aromatic ring is 1. The molecule has 1 aromatic heterocycles. The first kappa shape index (κ1) is 11.5. The predicted molar refractivity (Wildman–Crippen MR) is 56.2 cm³/mol. The normalized spacial score (nSPS) is 14.6. The topological polar surface area (TPSA) is 104 Å². The predicted octanol–water partition coefficient (Wildman–Crippen LogP) is -0.261. The number of aliphatic hydroxyl groups excluding tert-OH is 1. The van der Waals surface area contributed by atoms with Crippen LogP contribution in [0, 0.1) is 5.92 Å². The summed E-state index contributed by atoms with van der Waals surface area (Å²) in [5.41, 5.74) is 5.69. The van der Waals surface area contributed by atoms with Crippen LogP contribution in [0.25, 0.3) is 0 Å². The summed E-state index contributed by atoms with van der Waals surface area (Å²) in [4.78, 5) is 11.6. The number of aliphatic hydroxyl groups is 1. The van der Waals surface area contributed by atoms with Crippen molar-refractivity contribution in [2.75, 3.05) is 12.3 Å². The van der Waals surface area contributed by atoms with Crippen molar-refractivity contribution in [1.82, 2.24) is 15.5 Å². The summed E-state index contributed by atoms with van der Waals surface area (Å²) in [7, 11) is 0. The zero-order valence-electron chi connectivity index (χ0n) is 8.82. The van der Waals surface area contributed by atoms with Crippen molar-refractivity contribution >= 4 is 11.7 Å². The molecule has 0 aliphatic heterocycles. The Kier molecular flexibility index (Phi) is 3.68. The molecule has 1 amide bonds. The third-order valence-corrected chi connectivity index (χ3v) is 2.34. The number of nitrogens with two attached hydrogens (primary N) is 1. The van der Waals surface area contributed by atoms with Crippen molar-refractivity contribution in [3.8, 4) is 0 Å². The minimum Gasteiger partial charge on any atom is -0.396 e. The zero-order valence-corrected chi connectivity index (χ0v) is 8.82. The smallest absolute Gasteiger partial charge is 0.269 e. The van der Waals surface area contributed by atoms with E-state index in [1.54, 1.807) is 0 Å². The van der Waals surface area contributed by atoms with E-state index in [0.717, 1.165) is 0 Å². The molecule has 0 saturated carbocycles. The Bertz CT molecular complexity index is 337. The Balaban J connectivity index is 2.56. The first-order valence-electron chi connectivity index (χ1n) is 4.77. The summed E-state index contributed by atoms with van der Waals surface area (Å²) in [5, 5.41) is 17.8. The van der Waals surface area contributed by atoms with Crippen LogP contribution in [-0.4, -0.2) is 33.9 Å². The highest BCUT2D eigenvalue weighted by atomic mass is 16.3. The van der Waals surface area contributed by atoms with Crippen LogP contribution in [0.2, 0.25) is 0 Å². The molecule has 0 radical (unpaired) electrons. The fourth-order valence-corrected chi connectivity index (χ4v) is 1.04. The molecule has 15 heavy (non-hydrogen) atoms. The Labute approximate surface area is 87.9 Å². The number of H-pyrrole nitrogens is 1. The van der Waals surface area contributed by atoms with Crippen LogP contribution in [0.1, 0.15) is 24.3 Å². The fraction of sp³-hybridized carbons (Fsp3) is 0.556. The van der Waals surface area contributed by atoms with Crippen molar-refractivity contribution in [3.63, 3.8) is 0 Å². The summed E-state index contributed by atoms with van der Waals surface area (Å²) in [5.74, 6) is 0.0178. The molecule has 5 N–H and O–H groups in total. The number of amides is 1. The highest BCUT2D eigenvalue weighted by Gasteiger charge is 2.16. The molecule has 1 heterocycles. The second-order valence-electron chi connectivity index (χ2n) is 3.63. The number of hydrogen-bond donors (Lipinski definition) is 4. The molecule has 2 atom stereocenters. The summed E-state index contributed by atoms with van der Waals surface area (Å²) in [6.07, 6.45) is 0. The summed E-state index contributed by atoms with van der Waals surface area (Å²) >= 11 is 0. The number of aromatic amines is 1. The lowest BCUT2D eigenvalue weighted by atomic mass is 10.1. The number of anilines is 1. The molecular weight excluding hydrogens is 196 g/mol. The van der Waals surface area contributed by atoms with E-state index >= 15 is 0 Å². The van der Waals surface area contributed by atoms with Crippen molar-refractivity contribution in [2.24, 2.45) is 5.92 Å². The number of nitrogens with zero attached hydrogens (tertiary/aromatic N) is 1. The van der Waals surface area contributed by atoms with Gasteiger partial charge in [0.25, 0.3) is 5.91 Å². The molecule has 84 valence electrons. The fourth-order valence-electron chi connectivity index (χ4n) is 1.04. The standard InChI is InChI=1S/C9H16N4O2/c1-5(4-14)6(2)11-9(15)7-3-8(10)13-12-7/h3,5-6,14H,4H2,1-2H3,(H,11,15)(H3,10,12,13). The van der Waals surface area contributed by atoms with Gasteiger partial charge in [0, 0.05) is 18.7 Å². The van der Waals surface area contributed by atoms with Gasteiger partial charge < -0.3 is 16.2 Å². The zero-order chi connectivity index (χ0) is 11.4. The average Bonchev–Trinajstić information content (AvgIpc) is 2.63. The van der Waals surface area contributed by atoms with Crippen LogP contribution in [0.4, 0.5) is 5.82 Å². The second-order valence-corrected chi connectivity index (χ2v) is 3.63. The summed E-state index contributed by atoms with van der Waals surface area (Å²) < 4.78 is 0. The molecular formula is C9H16N4O2. The SMILES string of the molecule is CC(CO)C(C)NC(=O)c1cc(N)n[nH]1.